The van der Waals surface area contributed by atoms with Gasteiger partial charge in [-0.25, -0.2) is 0 Å². The molecular weight excluding hydrogens is 224 g/mol. The van der Waals surface area contributed by atoms with Gasteiger partial charge in [0.1, 0.15) is 5.52 Å². The molecule has 0 atom stereocenters. The second-order valence-corrected chi connectivity index (χ2v) is 4.19. The highest BCUT2D eigenvalue weighted by atomic mass is 35.5. The SMILES string of the molecule is Cn1c2cc(Cl)ccc2c(=O)c2cccn21. The van der Waals surface area contributed by atoms with E-state index in [0.29, 0.717) is 15.9 Å². The maximum atomic E-state index is 12.1. The van der Waals surface area contributed by atoms with Gasteiger partial charge in [0.25, 0.3) is 0 Å². The predicted molar refractivity (Wildman–Crippen MR) is 65.2 cm³/mol. The van der Waals surface area contributed by atoms with Gasteiger partial charge < -0.3 is 0 Å². The Bertz CT molecular complexity index is 755. The molecular formula is C12H9ClN2O. The molecule has 80 valence electrons. The zero-order chi connectivity index (χ0) is 11.3. The van der Waals surface area contributed by atoms with Crippen molar-refractivity contribution in [2.24, 2.45) is 7.05 Å². The van der Waals surface area contributed by atoms with Crippen LogP contribution in [0.15, 0.2) is 41.3 Å². The van der Waals surface area contributed by atoms with Gasteiger partial charge in [0.05, 0.1) is 5.52 Å². The molecule has 4 heteroatoms. The molecule has 0 amide bonds. The van der Waals surface area contributed by atoms with Gasteiger partial charge >= 0.3 is 0 Å². The fraction of sp³-hybridized carbons (Fsp3) is 0.0833. The van der Waals surface area contributed by atoms with Crippen LogP contribution < -0.4 is 5.43 Å². The second kappa shape index (κ2) is 3.12. The highest BCUT2D eigenvalue weighted by molar-refractivity contribution is 6.31. The lowest BCUT2D eigenvalue weighted by atomic mass is 10.2. The first-order valence-corrected chi connectivity index (χ1v) is 5.32. The summed E-state index contributed by atoms with van der Waals surface area (Å²) in [6, 6.07) is 8.99. The highest BCUT2D eigenvalue weighted by Crippen LogP contribution is 2.17. The molecule has 0 saturated carbocycles. The molecule has 0 fully saturated rings. The van der Waals surface area contributed by atoms with Gasteiger partial charge in [0.2, 0.25) is 5.43 Å². The fourth-order valence-electron chi connectivity index (χ4n) is 2.03. The normalized spacial score (nSPS) is 11.4. The van der Waals surface area contributed by atoms with Gasteiger partial charge in [-0.05, 0) is 30.3 Å². The highest BCUT2D eigenvalue weighted by Gasteiger charge is 2.07. The fourth-order valence-corrected chi connectivity index (χ4v) is 2.20. The van der Waals surface area contributed by atoms with Crippen molar-refractivity contribution in [2.75, 3.05) is 0 Å². The molecule has 0 radical (unpaired) electrons. The van der Waals surface area contributed by atoms with Crippen LogP contribution in [-0.2, 0) is 7.05 Å². The van der Waals surface area contributed by atoms with E-state index in [1.165, 1.54) is 0 Å². The molecule has 3 rings (SSSR count). The maximum absolute atomic E-state index is 12.1. The van der Waals surface area contributed by atoms with E-state index in [9.17, 15) is 4.79 Å². The minimum Gasteiger partial charge on any atom is -0.287 e. The topological polar surface area (TPSA) is 26.4 Å². The lowest BCUT2D eigenvalue weighted by Gasteiger charge is -2.09. The Morgan fingerprint density at radius 2 is 2.00 bits per heavy atom. The van der Waals surface area contributed by atoms with Gasteiger partial charge in [-0.15, -0.1) is 0 Å². The zero-order valence-electron chi connectivity index (χ0n) is 8.64. The van der Waals surface area contributed by atoms with Crippen LogP contribution in [0.3, 0.4) is 0 Å². The summed E-state index contributed by atoms with van der Waals surface area (Å²) in [5, 5.41) is 1.33. The van der Waals surface area contributed by atoms with Crippen molar-refractivity contribution in [1.29, 1.82) is 0 Å². The average molecular weight is 233 g/mol. The molecule has 2 heterocycles. The number of hydrogen-bond acceptors (Lipinski definition) is 1. The molecule has 0 aliphatic carbocycles. The number of rotatable bonds is 0. The van der Waals surface area contributed by atoms with Crippen LogP contribution in [0.2, 0.25) is 5.02 Å². The van der Waals surface area contributed by atoms with E-state index >= 15 is 0 Å². The van der Waals surface area contributed by atoms with Gasteiger partial charge in [0.15, 0.2) is 0 Å². The smallest absolute Gasteiger partial charge is 0.213 e. The van der Waals surface area contributed by atoms with Crippen LogP contribution in [0.5, 0.6) is 0 Å². The van der Waals surface area contributed by atoms with E-state index in [2.05, 4.69) is 0 Å². The Morgan fingerprint density at radius 1 is 1.19 bits per heavy atom. The van der Waals surface area contributed by atoms with Gasteiger partial charge in [-0.2, -0.15) is 0 Å². The first kappa shape index (κ1) is 9.48. The number of benzene rings is 1. The van der Waals surface area contributed by atoms with Crippen molar-refractivity contribution >= 4 is 28.0 Å². The molecule has 2 aromatic heterocycles. The largest absolute Gasteiger partial charge is 0.287 e. The Balaban J connectivity index is 2.70. The van der Waals surface area contributed by atoms with Crippen LogP contribution in [0, 0.1) is 0 Å². The molecule has 0 N–H and O–H groups in total. The van der Waals surface area contributed by atoms with Crippen LogP contribution in [0.4, 0.5) is 0 Å². The third kappa shape index (κ3) is 1.12. The van der Waals surface area contributed by atoms with Crippen molar-refractivity contribution in [3.8, 4) is 0 Å². The summed E-state index contributed by atoms with van der Waals surface area (Å²) in [6.45, 7) is 0. The molecule has 0 spiro atoms. The van der Waals surface area contributed by atoms with Crippen molar-refractivity contribution < 1.29 is 0 Å². The van der Waals surface area contributed by atoms with Crippen molar-refractivity contribution in [3.05, 3.63) is 51.8 Å². The quantitative estimate of drug-likeness (QED) is 0.585. The number of aromatic nitrogens is 2. The minimum absolute atomic E-state index is 0.0368. The molecule has 0 bridgehead atoms. The third-order valence-electron chi connectivity index (χ3n) is 2.84. The Morgan fingerprint density at radius 3 is 2.81 bits per heavy atom. The van der Waals surface area contributed by atoms with Crippen molar-refractivity contribution in [1.82, 2.24) is 9.20 Å². The molecule has 0 unspecified atom stereocenters. The third-order valence-corrected chi connectivity index (χ3v) is 3.07. The van der Waals surface area contributed by atoms with E-state index in [4.69, 9.17) is 11.6 Å². The number of halogens is 1. The summed E-state index contributed by atoms with van der Waals surface area (Å²) in [6.07, 6.45) is 1.86. The van der Waals surface area contributed by atoms with Gasteiger partial charge in [0, 0.05) is 23.7 Å². The van der Waals surface area contributed by atoms with Gasteiger partial charge in [-0.3, -0.25) is 14.0 Å². The summed E-state index contributed by atoms with van der Waals surface area (Å²) in [5.74, 6) is 0. The van der Waals surface area contributed by atoms with E-state index in [-0.39, 0.29) is 5.43 Å². The summed E-state index contributed by atoms with van der Waals surface area (Å²) in [5.41, 5.74) is 1.55. The number of aryl methyl sites for hydroxylation is 1. The van der Waals surface area contributed by atoms with E-state index in [0.717, 1.165) is 5.52 Å². The molecule has 3 nitrogen and oxygen atoms in total. The molecule has 16 heavy (non-hydrogen) atoms. The average Bonchev–Trinajstić information content (AvgIpc) is 2.75. The Kier molecular flexibility index (Phi) is 1.85. The number of fused-ring (bicyclic) bond motifs is 2. The maximum Gasteiger partial charge on any atom is 0.213 e. The minimum atomic E-state index is 0.0368. The molecule has 3 aromatic rings. The summed E-state index contributed by atoms with van der Waals surface area (Å²) < 4.78 is 3.74. The standard InChI is InChI=1S/C12H9ClN2O/c1-14-11-7-8(13)4-5-9(11)12(16)10-3-2-6-15(10)14/h2-7H,1H3. The van der Waals surface area contributed by atoms with E-state index in [1.54, 1.807) is 18.2 Å². The van der Waals surface area contributed by atoms with Gasteiger partial charge in [-0.1, -0.05) is 11.6 Å². The van der Waals surface area contributed by atoms with Crippen LogP contribution in [0.25, 0.3) is 16.4 Å². The summed E-state index contributed by atoms with van der Waals surface area (Å²) in [7, 11) is 1.91. The molecule has 0 aliphatic rings. The summed E-state index contributed by atoms with van der Waals surface area (Å²) >= 11 is 5.94. The molecule has 0 saturated heterocycles. The molecule has 1 aromatic carbocycles. The zero-order valence-corrected chi connectivity index (χ0v) is 9.40. The van der Waals surface area contributed by atoms with Crippen LogP contribution in [-0.4, -0.2) is 9.20 Å². The van der Waals surface area contributed by atoms with Crippen LogP contribution in [0.1, 0.15) is 0 Å². The number of hydrogen-bond donors (Lipinski definition) is 0. The summed E-state index contributed by atoms with van der Waals surface area (Å²) in [4.78, 5) is 12.1. The second-order valence-electron chi connectivity index (χ2n) is 3.75. The van der Waals surface area contributed by atoms with E-state index in [1.807, 2.05) is 34.6 Å². The lowest BCUT2D eigenvalue weighted by Crippen LogP contribution is -2.14. The lowest BCUT2D eigenvalue weighted by molar-refractivity contribution is 0.719. The monoisotopic (exact) mass is 232 g/mol. The molecule has 0 aliphatic heterocycles. The first-order valence-electron chi connectivity index (χ1n) is 4.94. The first-order chi connectivity index (χ1) is 7.68. The Labute approximate surface area is 96.5 Å². The van der Waals surface area contributed by atoms with E-state index < -0.39 is 0 Å². The predicted octanol–water partition coefficient (Wildman–Crippen LogP) is 2.44. The number of nitrogens with zero attached hydrogens (tertiary/aromatic N) is 2. The van der Waals surface area contributed by atoms with Crippen molar-refractivity contribution in [3.63, 3.8) is 0 Å². The van der Waals surface area contributed by atoms with Crippen molar-refractivity contribution in [2.45, 2.75) is 0 Å². The van der Waals surface area contributed by atoms with Crippen LogP contribution >= 0.6 is 11.6 Å². The Hall–Kier alpha value is -1.74.